The Morgan fingerprint density at radius 3 is 2.67 bits per heavy atom. The lowest BCUT2D eigenvalue weighted by Crippen LogP contribution is -2.08. The van der Waals surface area contributed by atoms with Crippen molar-refractivity contribution in [3.8, 4) is 0 Å². The summed E-state index contributed by atoms with van der Waals surface area (Å²) < 4.78 is 17.7. The number of nitro groups is 1. The van der Waals surface area contributed by atoms with E-state index in [-0.39, 0.29) is 4.47 Å². The van der Waals surface area contributed by atoms with Crippen LogP contribution in [0.5, 0.6) is 0 Å². The summed E-state index contributed by atoms with van der Waals surface area (Å²) >= 11 is 2.89. The molecule has 1 aromatic carbocycles. The van der Waals surface area contributed by atoms with E-state index in [4.69, 9.17) is 0 Å². The molecule has 0 aliphatic rings. The highest BCUT2D eigenvalue weighted by Gasteiger charge is 2.26. The van der Waals surface area contributed by atoms with Gasteiger partial charge >= 0.3 is 5.97 Å². The van der Waals surface area contributed by atoms with Gasteiger partial charge in [0.1, 0.15) is 5.82 Å². The molecule has 80 valence electrons. The van der Waals surface area contributed by atoms with E-state index in [2.05, 4.69) is 20.7 Å². The van der Waals surface area contributed by atoms with Gasteiger partial charge in [-0.3, -0.25) is 10.1 Å². The molecule has 15 heavy (non-hydrogen) atoms. The zero-order chi connectivity index (χ0) is 11.6. The number of ether oxygens (including phenoxy) is 1. The summed E-state index contributed by atoms with van der Waals surface area (Å²) in [6.07, 6.45) is 0. The Hall–Kier alpha value is -1.50. The van der Waals surface area contributed by atoms with E-state index in [0.29, 0.717) is 0 Å². The first kappa shape index (κ1) is 11.6. The molecule has 0 bridgehead atoms. The van der Waals surface area contributed by atoms with Crippen molar-refractivity contribution < 1.29 is 18.8 Å². The fraction of sp³-hybridized carbons (Fsp3) is 0.125. The summed E-state index contributed by atoms with van der Waals surface area (Å²) in [4.78, 5) is 20.8. The maximum absolute atomic E-state index is 13.3. The molecule has 5 nitrogen and oxygen atoms in total. The molecule has 7 heteroatoms. The molecule has 0 fully saturated rings. The fourth-order valence-electron chi connectivity index (χ4n) is 1.01. The van der Waals surface area contributed by atoms with Gasteiger partial charge < -0.3 is 4.74 Å². The minimum atomic E-state index is -1.08. The van der Waals surface area contributed by atoms with Crippen LogP contribution < -0.4 is 0 Å². The molecule has 0 aliphatic heterocycles. The van der Waals surface area contributed by atoms with E-state index in [9.17, 15) is 19.3 Å². The highest BCUT2D eigenvalue weighted by atomic mass is 79.9. The number of carbonyl (C=O) groups excluding carboxylic acids is 1. The number of rotatable bonds is 2. The first-order chi connectivity index (χ1) is 6.97. The lowest BCUT2D eigenvalue weighted by atomic mass is 10.1. The van der Waals surface area contributed by atoms with E-state index in [0.717, 1.165) is 19.2 Å². The van der Waals surface area contributed by atoms with Gasteiger partial charge in [-0.1, -0.05) is 15.9 Å². The van der Waals surface area contributed by atoms with Crippen LogP contribution in [0.4, 0.5) is 10.1 Å². The molecule has 0 radical (unpaired) electrons. The van der Waals surface area contributed by atoms with Gasteiger partial charge in [-0.2, -0.15) is 0 Å². The molecular formula is C8H5BrFNO4. The Labute approximate surface area is 92.1 Å². The van der Waals surface area contributed by atoms with Gasteiger partial charge in [0.25, 0.3) is 5.69 Å². The van der Waals surface area contributed by atoms with Crippen LogP contribution in [0.2, 0.25) is 0 Å². The van der Waals surface area contributed by atoms with Gasteiger partial charge in [-0.15, -0.1) is 0 Å². The van der Waals surface area contributed by atoms with Gasteiger partial charge in [0.2, 0.25) is 0 Å². The lowest BCUT2D eigenvalue weighted by Gasteiger charge is -2.02. The first-order valence-corrected chi connectivity index (χ1v) is 4.48. The largest absolute Gasteiger partial charge is 0.465 e. The van der Waals surface area contributed by atoms with Crippen molar-refractivity contribution in [2.75, 3.05) is 7.11 Å². The third kappa shape index (κ3) is 2.30. The number of esters is 1. The predicted octanol–water partition coefficient (Wildman–Crippen LogP) is 2.28. The number of nitrogens with zero attached hydrogens (tertiary/aromatic N) is 1. The van der Waals surface area contributed by atoms with E-state index >= 15 is 0 Å². The van der Waals surface area contributed by atoms with E-state index < -0.39 is 28.0 Å². The molecule has 0 aliphatic carbocycles. The van der Waals surface area contributed by atoms with Gasteiger partial charge in [-0.05, 0) is 6.07 Å². The molecule has 0 amide bonds. The quantitative estimate of drug-likeness (QED) is 0.472. The first-order valence-electron chi connectivity index (χ1n) is 3.69. The molecule has 0 saturated carbocycles. The highest BCUT2D eigenvalue weighted by molar-refractivity contribution is 9.10. The zero-order valence-electron chi connectivity index (χ0n) is 7.49. The van der Waals surface area contributed by atoms with Crippen molar-refractivity contribution in [1.82, 2.24) is 0 Å². The summed E-state index contributed by atoms with van der Waals surface area (Å²) in [5.41, 5.74) is -1.31. The third-order valence-electron chi connectivity index (χ3n) is 1.62. The van der Waals surface area contributed by atoms with E-state index in [1.807, 2.05) is 0 Å². The molecule has 1 rings (SSSR count). The second-order valence-electron chi connectivity index (χ2n) is 2.53. The summed E-state index contributed by atoms with van der Waals surface area (Å²) in [7, 11) is 1.02. The number of hydrogen-bond donors (Lipinski definition) is 0. The number of hydrogen-bond acceptors (Lipinski definition) is 4. The topological polar surface area (TPSA) is 69.4 Å². The smallest absolute Gasteiger partial charge is 0.347 e. The Bertz CT molecular complexity index is 435. The molecule has 1 aromatic rings. The van der Waals surface area contributed by atoms with Crippen molar-refractivity contribution in [3.05, 3.63) is 38.1 Å². The van der Waals surface area contributed by atoms with Crippen LogP contribution in [0.15, 0.2) is 16.6 Å². The molecule has 0 aromatic heterocycles. The number of carbonyl (C=O) groups is 1. The minimum Gasteiger partial charge on any atom is -0.465 e. The van der Waals surface area contributed by atoms with Crippen LogP contribution in [0.25, 0.3) is 0 Å². The third-order valence-corrected chi connectivity index (χ3v) is 2.08. The fourth-order valence-corrected chi connectivity index (χ4v) is 1.43. The van der Waals surface area contributed by atoms with Gasteiger partial charge in [-0.25, -0.2) is 9.18 Å². The number of methoxy groups -OCH3 is 1. The van der Waals surface area contributed by atoms with Crippen molar-refractivity contribution in [3.63, 3.8) is 0 Å². The average molecular weight is 278 g/mol. The summed E-state index contributed by atoms with van der Waals surface area (Å²) in [5, 5.41) is 10.6. The normalized spacial score (nSPS) is 9.80. The van der Waals surface area contributed by atoms with Gasteiger partial charge in [0, 0.05) is 10.5 Å². The summed E-state index contributed by atoms with van der Waals surface area (Å²) in [6.45, 7) is 0. The standard InChI is InChI=1S/C8H5BrFNO4/c1-15-8(12)7-5(10)2-4(9)3-6(7)11(13)14/h2-3H,1H3. The number of benzene rings is 1. The van der Waals surface area contributed by atoms with Crippen LogP contribution in [-0.4, -0.2) is 18.0 Å². The molecule has 0 N–H and O–H groups in total. The van der Waals surface area contributed by atoms with Crippen LogP contribution in [0.1, 0.15) is 10.4 Å². The van der Waals surface area contributed by atoms with Crippen molar-refractivity contribution in [2.45, 2.75) is 0 Å². The predicted molar refractivity (Wildman–Crippen MR) is 52.1 cm³/mol. The van der Waals surface area contributed by atoms with Gasteiger partial charge in [0.05, 0.1) is 12.0 Å². The monoisotopic (exact) mass is 277 g/mol. The average Bonchev–Trinajstić information content (AvgIpc) is 2.15. The van der Waals surface area contributed by atoms with E-state index in [1.54, 1.807) is 0 Å². The minimum absolute atomic E-state index is 0.180. The second kappa shape index (κ2) is 4.35. The lowest BCUT2D eigenvalue weighted by molar-refractivity contribution is -0.385. The van der Waals surface area contributed by atoms with Crippen LogP contribution >= 0.6 is 15.9 Å². The Morgan fingerprint density at radius 1 is 1.60 bits per heavy atom. The van der Waals surface area contributed by atoms with E-state index in [1.165, 1.54) is 0 Å². The maximum Gasteiger partial charge on any atom is 0.347 e. The molecular weight excluding hydrogens is 273 g/mol. The summed E-state index contributed by atoms with van der Waals surface area (Å²) in [6, 6.07) is 1.99. The zero-order valence-corrected chi connectivity index (χ0v) is 9.08. The molecule has 0 atom stereocenters. The van der Waals surface area contributed by atoms with Crippen LogP contribution in [0.3, 0.4) is 0 Å². The van der Waals surface area contributed by atoms with Crippen LogP contribution in [-0.2, 0) is 4.74 Å². The summed E-state index contributed by atoms with van der Waals surface area (Å²) in [5.74, 6) is -2.07. The van der Waals surface area contributed by atoms with Crippen molar-refractivity contribution in [2.24, 2.45) is 0 Å². The molecule has 0 spiro atoms. The molecule has 0 unspecified atom stereocenters. The Balaban J connectivity index is 3.46. The SMILES string of the molecule is COC(=O)c1c(F)cc(Br)cc1[N+](=O)[O-]. The van der Waals surface area contributed by atoms with Crippen molar-refractivity contribution >= 4 is 27.6 Å². The molecule has 0 heterocycles. The highest BCUT2D eigenvalue weighted by Crippen LogP contribution is 2.27. The number of halogens is 2. The van der Waals surface area contributed by atoms with Crippen LogP contribution in [0, 0.1) is 15.9 Å². The number of nitro benzene ring substituents is 1. The molecule has 0 saturated heterocycles. The Morgan fingerprint density at radius 2 is 2.20 bits per heavy atom. The Kier molecular flexibility index (Phi) is 3.35. The van der Waals surface area contributed by atoms with Crippen molar-refractivity contribution in [1.29, 1.82) is 0 Å². The maximum atomic E-state index is 13.3. The van der Waals surface area contributed by atoms with Gasteiger partial charge in [0.15, 0.2) is 5.56 Å². The second-order valence-corrected chi connectivity index (χ2v) is 3.45.